The van der Waals surface area contributed by atoms with Crippen molar-refractivity contribution in [3.8, 4) is 22.8 Å². The highest BCUT2D eigenvalue weighted by molar-refractivity contribution is 6.33. The molecule has 7 nitrogen and oxygen atoms in total. The van der Waals surface area contributed by atoms with Crippen LogP contribution in [0.4, 0.5) is 13.2 Å². The molecule has 2 N–H and O–H groups in total. The Kier molecular flexibility index (Phi) is 7.61. The normalized spacial score (nSPS) is 13.8. The van der Waals surface area contributed by atoms with E-state index < -0.39 is 23.4 Å². The minimum atomic E-state index is -4.90. The Morgan fingerprint density at radius 2 is 1.78 bits per heavy atom. The van der Waals surface area contributed by atoms with Crippen molar-refractivity contribution in [2.45, 2.75) is 51.4 Å². The van der Waals surface area contributed by atoms with Gasteiger partial charge in [0.25, 0.3) is 5.91 Å². The second-order valence-corrected chi connectivity index (χ2v) is 9.80. The van der Waals surface area contributed by atoms with Crippen LogP contribution in [0.1, 0.15) is 38.8 Å². The molecule has 0 unspecified atom stereocenters. The number of nitrogens with one attached hydrogen (secondary N) is 2. The van der Waals surface area contributed by atoms with Crippen LogP contribution < -0.4 is 11.0 Å². The molecule has 192 valence electrons. The Morgan fingerprint density at radius 3 is 2.39 bits per heavy atom. The molecule has 1 atom stereocenters. The number of alkyl halides is 3. The lowest BCUT2D eigenvalue weighted by atomic mass is 9.86. The summed E-state index contributed by atoms with van der Waals surface area (Å²) in [4.78, 5) is 35.6. The Morgan fingerprint density at radius 1 is 1.08 bits per heavy atom. The van der Waals surface area contributed by atoms with Crippen molar-refractivity contribution in [1.82, 2.24) is 20.3 Å². The maximum atomic E-state index is 13.3. The van der Waals surface area contributed by atoms with E-state index in [9.17, 15) is 22.8 Å². The number of ether oxygens (including phenoxy) is 1. The number of nitrogens with zero attached hydrogens (tertiary/aromatic N) is 2. The molecule has 0 bridgehead atoms. The molecule has 0 aliphatic rings. The third kappa shape index (κ3) is 5.76. The zero-order valence-electron chi connectivity index (χ0n) is 20.4. The molecular formula is C25H26ClF3N4O3. The number of halogens is 4. The number of carbonyl (C=O) groups excluding carboxylic acids is 1. The second kappa shape index (κ2) is 10.0. The standard InChI is InChI=1S/C25H26ClF3N4O3/c1-23(2,3)16-8-6-7-15(12-16)19-31-20(33-22(35)32-19)17-11-14(9-10-18(17)26)13-30-21(34)24(4,36-5)25(27,28)29/h6-12H,13H2,1-5H3,(H,30,34)(H,31,32,33,35)/t24-/m1/s1. The van der Waals surface area contributed by atoms with Gasteiger partial charge in [-0.3, -0.25) is 9.78 Å². The third-order valence-electron chi connectivity index (χ3n) is 5.76. The second-order valence-electron chi connectivity index (χ2n) is 9.39. The van der Waals surface area contributed by atoms with Gasteiger partial charge in [0.05, 0.1) is 5.02 Å². The quantitative estimate of drug-likeness (QED) is 0.473. The fourth-order valence-electron chi connectivity index (χ4n) is 3.32. The van der Waals surface area contributed by atoms with Crippen LogP contribution in [0.2, 0.25) is 5.02 Å². The number of H-pyrrole nitrogens is 1. The number of amides is 1. The summed E-state index contributed by atoms with van der Waals surface area (Å²) in [5.41, 5.74) is -1.36. The van der Waals surface area contributed by atoms with Gasteiger partial charge >= 0.3 is 11.9 Å². The first-order valence-electron chi connectivity index (χ1n) is 10.9. The molecule has 0 aliphatic carbocycles. The van der Waals surface area contributed by atoms with E-state index in [4.69, 9.17) is 11.6 Å². The summed E-state index contributed by atoms with van der Waals surface area (Å²) >= 11 is 6.35. The van der Waals surface area contributed by atoms with E-state index in [-0.39, 0.29) is 28.6 Å². The molecule has 0 saturated carbocycles. The zero-order chi connectivity index (χ0) is 26.9. The minimum Gasteiger partial charge on any atom is -0.361 e. The largest absolute Gasteiger partial charge is 0.426 e. The van der Waals surface area contributed by atoms with E-state index in [0.717, 1.165) is 12.7 Å². The van der Waals surface area contributed by atoms with Gasteiger partial charge in [-0.1, -0.05) is 56.6 Å². The lowest BCUT2D eigenvalue weighted by Gasteiger charge is -2.29. The number of aromatic amines is 1. The van der Waals surface area contributed by atoms with Gasteiger partial charge in [0.15, 0.2) is 5.82 Å². The Hall–Kier alpha value is -3.24. The van der Waals surface area contributed by atoms with Crippen molar-refractivity contribution in [3.63, 3.8) is 0 Å². The molecule has 2 aromatic carbocycles. The van der Waals surface area contributed by atoms with Gasteiger partial charge in [-0.25, -0.2) is 9.78 Å². The van der Waals surface area contributed by atoms with E-state index in [1.807, 2.05) is 18.2 Å². The summed E-state index contributed by atoms with van der Waals surface area (Å²) in [6.45, 7) is 6.59. The first kappa shape index (κ1) is 27.3. The van der Waals surface area contributed by atoms with Crippen molar-refractivity contribution in [3.05, 3.63) is 69.1 Å². The number of methoxy groups -OCH3 is 1. The van der Waals surface area contributed by atoms with Crippen LogP contribution in [0.3, 0.4) is 0 Å². The molecule has 3 rings (SSSR count). The highest BCUT2D eigenvalue weighted by Crippen LogP contribution is 2.33. The van der Waals surface area contributed by atoms with Crippen LogP contribution >= 0.6 is 11.6 Å². The van der Waals surface area contributed by atoms with Crippen LogP contribution in [-0.4, -0.2) is 39.7 Å². The van der Waals surface area contributed by atoms with E-state index in [1.165, 1.54) is 18.2 Å². The lowest BCUT2D eigenvalue weighted by Crippen LogP contribution is -2.55. The summed E-state index contributed by atoms with van der Waals surface area (Å²) in [6.07, 6.45) is -4.90. The fourth-order valence-corrected chi connectivity index (χ4v) is 3.52. The molecular weight excluding hydrogens is 497 g/mol. The van der Waals surface area contributed by atoms with E-state index in [1.54, 1.807) is 6.07 Å². The predicted molar refractivity (Wildman–Crippen MR) is 131 cm³/mol. The summed E-state index contributed by atoms with van der Waals surface area (Å²) in [5, 5.41) is 2.47. The maximum absolute atomic E-state index is 13.3. The van der Waals surface area contributed by atoms with Crippen molar-refractivity contribution < 1.29 is 22.7 Å². The number of hydrogen-bond donors (Lipinski definition) is 2. The number of carbonyl (C=O) groups is 1. The third-order valence-corrected chi connectivity index (χ3v) is 6.09. The van der Waals surface area contributed by atoms with Crippen molar-refractivity contribution in [2.24, 2.45) is 0 Å². The van der Waals surface area contributed by atoms with E-state index >= 15 is 0 Å². The van der Waals surface area contributed by atoms with Crippen LogP contribution in [0.15, 0.2) is 47.3 Å². The van der Waals surface area contributed by atoms with Crippen LogP contribution in [0.25, 0.3) is 22.8 Å². The molecule has 0 radical (unpaired) electrons. The predicted octanol–water partition coefficient (Wildman–Crippen LogP) is 5.03. The number of benzene rings is 2. The van der Waals surface area contributed by atoms with Crippen LogP contribution in [0.5, 0.6) is 0 Å². The lowest BCUT2D eigenvalue weighted by molar-refractivity contribution is -0.253. The molecule has 11 heteroatoms. The van der Waals surface area contributed by atoms with Gasteiger partial charge in [0.1, 0.15) is 5.82 Å². The van der Waals surface area contributed by atoms with Crippen molar-refractivity contribution >= 4 is 17.5 Å². The summed E-state index contributed by atoms with van der Waals surface area (Å²) in [6, 6.07) is 12.1. The van der Waals surface area contributed by atoms with Gasteiger partial charge in [-0.2, -0.15) is 18.2 Å². The van der Waals surface area contributed by atoms with Crippen LogP contribution in [0, 0.1) is 0 Å². The molecule has 0 saturated heterocycles. The molecule has 0 spiro atoms. The van der Waals surface area contributed by atoms with Gasteiger partial charge in [-0.05, 0) is 41.7 Å². The molecule has 36 heavy (non-hydrogen) atoms. The van der Waals surface area contributed by atoms with E-state index in [0.29, 0.717) is 23.6 Å². The molecule has 0 aliphatic heterocycles. The monoisotopic (exact) mass is 522 g/mol. The van der Waals surface area contributed by atoms with Gasteiger partial charge in [0.2, 0.25) is 5.60 Å². The SMILES string of the molecule is CO[C@](C)(C(=O)NCc1ccc(Cl)c(-c2nc(-c3cccc(C(C)(C)C)c3)nc(=O)[nH]2)c1)C(F)(F)F. The van der Waals surface area contributed by atoms with Crippen LogP contribution in [-0.2, 0) is 21.5 Å². The smallest absolute Gasteiger partial charge is 0.361 e. The average molecular weight is 523 g/mol. The van der Waals surface area contributed by atoms with Gasteiger partial charge < -0.3 is 10.1 Å². The Balaban J connectivity index is 1.94. The molecule has 1 aromatic heterocycles. The molecule has 3 aromatic rings. The highest BCUT2D eigenvalue weighted by atomic mass is 35.5. The number of rotatable bonds is 6. The number of hydrogen-bond acceptors (Lipinski definition) is 5. The highest BCUT2D eigenvalue weighted by Gasteiger charge is 2.57. The topological polar surface area (TPSA) is 97.0 Å². The first-order valence-corrected chi connectivity index (χ1v) is 11.3. The molecule has 0 fully saturated rings. The molecule has 1 amide bonds. The maximum Gasteiger partial charge on any atom is 0.426 e. The fraction of sp³-hybridized carbons (Fsp3) is 0.360. The molecule has 1 heterocycles. The minimum absolute atomic E-state index is 0.126. The van der Waals surface area contributed by atoms with Gasteiger partial charge in [0, 0.05) is 24.8 Å². The van der Waals surface area contributed by atoms with E-state index in [2.05, 4.69) is 45.8 Å². The summed E-state index contributed by atoms with van der Waals surface area (Å²) < 4.78 is 44.3. The Labute approximate surface area is 211 Å². The average Bonchev–Trinajstić information content (AvgIpc) is 2.81. The summed E-state index contributed by atoms with van der Waals surface area (Å²) in [5.74, 6) is -1.03. The van der Waals surface area contributed by atoms with Crippen molar-refractivity contribution in [1.29, 1.82) is 0 Å². The summed E-state index contributed by atoms with van der Waals surface area (Å²) in [7, 11) is 0.813. The number of aromatic nitrogens is 3. The first-order chi connectivity index (χ1) is 16.7. The van der Waals surface area contributed by atoms with Gasteiger partial charge in [-0.15, -0.1) is 0 Å². The van der Waals surface area contributed by atoms with Crippen molar-refractivity contribution in [2.75, 3.05) is 7.11 Å². The zero-order valence-corrected chi connectivity index (χ0v) is 21.1. The Bertz CT molecular complexity index is 1340.